The Morgan fingerprint density at radius 1 is 0.786 bits per heavy atom. The summed E-state index contributed by atoms with van der Waals surface area (Å²) in [6.45, 7) is 2.74. The van der Waals surface area contributed by atoms with Crippen molar-refractivity contribution in [2.75, 3.05) is 20.1 Å². The number of rotatable bonds is 4. The molecule has 0 aliphatic heterocycles. The van der Waals surface area contributed by atoms with E-state index < -0.39 is 0 Å². The molecule has 0 bridgehead atoms. The van der Waals surface area contributed by atoms with Crippen molar-refractivity contribution in [2.24, 2.45) is 11.8 Å². The summed E-state index contributed by atoms with van der Waals surface area (Å²) in [5.74, 6) is 2.06. The van der Waals surface area contributed by atoms with Gasteiger partial charge in [-0.1, -0.05) is 25.7 Å². The van der Waals surface area contributed by atoms with Gasteiger partial charge in [0, 0.05) is 13.1 Å². The van der Waals surface area contributed by atoms with Gasteiger partial charge in [0.05, 0.1) is 0 Å². The van der Waals surface area contributed by atoms with Crippen LogP contribution in [-0.4, -0.2) is 25.0 Å². The molecule has 0 aromatic carbocycles. The fourth-order valence-corrected chi connectivity index (χ4v) is 3.34. The van der Waals surface area contributed by atoms with Crippen LogP contribution >= 0.6 is 0 Å². The minimum atomic E-state index is 1.03. The van der Waals surface area contributed by atoms with Crippen LogP contribution in [0.3, 0.4) is 0 Å². The maximum Gasteiger partial charge on any atom is 0.000672 e. The zero-order valence-corrected chi connectivity index (χ0v) is 9.67. The van der Waals surface area contributed by atoms with Crippen LogP contribution in [0.15, 0.2) is 0 Å². The molecule has 0 N–H and O–H groups in total. The average Bonchev–Trinajstić information content (AvgIpc) is 2.76. The summed E-state index contributed by atoms with van der Waals surface area (Å²) in [5.41, 5.74) is 0. The van der Waals surface area contributed by atoms with Crippen LogP contribution in [0.4, 0.5) is 0 Å². The summed E-state index contributed by atoms with van der Waals surface area (Å²) in [4.78, 5) is 2.60. The highest BCUT2D eigenvalue weighted by Gasteiger charge is 2.20. The lowest BCUT2D eigenvalue weighted by molar-refractivity contribution is 0.239. The van der Waals surface area contributed by atoms with E-state index in [1.54, 1.807) is 0 Å². The third kappa shape index (κ3) is 2.98. The summed E-state index contributed by atoms with van der Waals surface area (Å²) in [5, 5.41) is 0. The number of nitrogens with zero attached hydrogens (tertiary/aromatic N) is 1. The van der Waals surface area contributed by atoms with Crippen molar-refractivity contribution in [3.8, 4) is 0 Å². The predicted octanol–water partition coefficient (Wildman–Crippen LogP) is 3.30. The molecular formula is C13H25N. The Hall–Kier alpha value is -0.0400. The van der Waals surface area contributed by atoms with Crippen molar-refractivity contribution >= 4 is 0 Å². The van der Waals surface area contributed by atoms with Crippen molar-refractivity contribution in [1.82, 2.24) is 4.90 Å². The van der Waals surface area contributed by atoms with Gasteiger partial charge in [-0.2, -0.15) is 0 Å². The van der Waals surface area contributed by atoms with Crippen molar-refractivity contribution in [3.05, 3.63) is 0 Å². The first-order valence-corrected chi connectivity index (χ1v) is 6.53. The lowest BCUT2D eigenvalue weighted by Crippen LogP contribution is -2.29. The van der Waals surface area contributed by atoms with Gasteiger partial charge in [-0.25, -0.2) is 0 Å². The molecule has 1 nitrogen and oxygen atoms in total. The fourth-order valence-electron chi connectivity index (χ4n) is 3.34. The molecule has 82 valence electrons. The highest BCUT2D eigenvalue weighted by atomic mass is 15.1. The monoisotopic (exact) mass is 195 g/mol. The summed E-state index contributed by atoms with van der Waals surface area (Å²) in [6, 6.07) is 0. The van der Waals surface area contributed by atoms with Gasteiger partial charge in [0.15, 0.2) is 0 Å². The van der Waals surface area contributed by atoms with Gasteiger partial charge in [-0.05, 0) is 44.6 Å². The molecule has 0 aromatic heterocycles. The summed E-state index contributed by atoms with van der Waals surface area (Å²) in [7, 11) is 2.33. The minimum absolute atomic E-state index is 1.03. The van der Waals surface area contributed by atoms with Gasteiger partial charge in [-0.3, -0.25) is 0 Å². The van der Waals surface area contributed by atoms with Gasteiger partial charge in [0.2, 0.25) is 0 Å². The Bertz CT molecular complexity index is 137. The standard InChI is InChI=1S/C13H25N/c1-14(10-12-6-2-3-7-12)11-13-8-4-5-9-13/h12-13H,2-11H2,1H3. The van der Waals surface area contributed by atoms with Crippen molar-refractivity contribution in [3.63, 3.8) is 0 Å². The molecule has 0 unspecified atom stereocenters. The molecule has 0 saturated heterocycles. The van der Waals surface area contributed by atoms with E-state index in [0.717, 1.165) is 11.8 Å². The topological polar surface area (TPSA) is 3.24 Å². The van der Waals surface area contributed by atoms with Crippen molar-refractivity contribution in [1.29, 1.82) is 0 Å². The van der Waals surface area contributed by atoms with Crippen LogP contribution in [0.1, 0.15) is 51.4 Å². The Labute approximate surface area is 88.9 Å². The van der Waals surface area contributed by atoms with Gasteiger partial charge in [-0.15, -0.1) is 0 Å². The first-order valence-electron chi connectivity index (χ1n) is 6.53. The maximum absolute atomic E-state index is 2.60. The lowest BCUT2D eigenvalue weighted by atomic mass is 10.1. The van der Waals surface area contributed by atoms with Crippen molar-refractivity contribution < 1.29 is 0 Å². The molecule has 0 radical (unpaired) electrons. The highest BCUT2D eigenvalue weighted by molar-refractivity contribution is 4.74. The normalized spacial score (nSPS) is 25.3. The molecule has 0 atom stereocenters. The number of hydrogen-bond donors (Lipinski definition) is 0. The molecule has 2 saturated carbocycles. The maximum atomic E-state index is 2.60. The van der Waals surface area contributed by atoms with E-state index in [1.807, 2.05) is 0 Å². The molecule has 0 heterocycles. The van der Waals surface area contributed by atoms with E-state index in [4.69, 9.17) is 0 Å². The third-order valence-corrected chi connectivity index (χ3v) is 4.09. The second-order valence-corrected chi connectivity index (χ2v) is 5.52. The van der Waals surface area contributed by atoms with E-state index in [9.17, 15) is 0 Å². The zero-order valence-electron chi connectivity index (χ0n) is 9.67. The Morgan fingerprint density at radius 3 is 1.50 bits per heavy atom. The smallest absolute Gasteiger partial charge is 0.000672 e. The zero-order chi connectivity index (χ0) is 9.80. The lowest BCUT2D eigenvalue weighted by Gasteiger charge is -2.23. The Balaban J connectivity index is 1.64. The molecule has 14 heavy (non-hydrogen) atoms. The fraction of sp³-hybridized carbons (Fsp3) is 1.00. The SMILES string of the molecule is CN(CC1CCCC1)CC1CCCC1. The van der Waals surface area contributed by atoms with Crippen LogP contribution in [0.25, 0.3) is 0 Å². The van der Waals surface area contributed by atoms with E-state index in [1.165, 1.54) is 64.5 Å². The second-order valence-electron chi connectivity index (χ2n) is 5.52. The van der Waals surface area contributed by atoms with Gasteiger partial charge >= 0.3 is 0 Å². The molecule has 0 spiro atoms. The summed E-state index contributed by atoms with van der Waals surface area (Å²) >= 11 is 0. The van der Waals surface area contributed by atoms with E-state index in [2.05, 4.69) is 11.9 Å². The predicted molar refractivity (Wildman–Crippen MR) is 61.4 cm³/mol. The molecular weight excluding hydrogens is 170 g/mol. The first-order chi connectivity index (χ1) is 6.84. The van der Waals surface area contributed by atoms with E-state index in [0.29, 0.717) is 0 Å². The molecule has 2 fully saturated rings. The van der Waals surface area contributed by atoms with Crippen LogP contribution in [0.2, 0.25) is 0 Å². The van der Waals surface area contributed by atoms with Gasteiger partial charge in [0.25, 0.3) is 0 Å². The minimum Gasteiger partial charge on any atom is -0.306 e. The average molecular weight is 195 g/mol. The molecule has 0 aromatic rings. The molecule has 2 rings (SSSR count). The van der Waals surface area contributed by atoms with Gasteiger partial charge < -0.3 is 4.90 Å². The van der Waals surface area contributed by atoms with Crippen molar-refractivity contribution in [2.45, 2.75) is 51.4 Å². The molecule has 2 aliphatic carbocycles. The van der Waals surface area contributed by atoms with Crippen LogP contribution in [0, 0.1) is 11.8 Å². The van der Waals surface area contributed by atoms with Crippen LogP contribution in [-0.2, 0) is 0 Å². The second kappa shape index (κ2) is 5.16. The summed E-state index contributed by atoms with van der Waals surface area (Å²) < 4.78 is 0. The first kappa shape index (κ1) is 10.5. The van der Waals surface area contributed by atoms with Crippen LogP contribution < -0.4 is 0 Å². The largest absolute Gasteiger partial charge is 0.306 e. The molecule has 1 heteroatoms. The van der Waals surface area contributed by atoms with Gasteiger partial charge in [0.1, 0.15) is 0 Å². The third-order valence-electron chi connectivity index (χ3n) is 4.09. The Kier molecular flexibility index (Phi) is 3.86. The number of hydrogen-bond acceptors (Lipinski definition) is 1. The van der Waals surface area contributed by atoms with E-state index >= 15 is 0 Å². The molecule has 2 aliphatic rings. The summed E-state index contributed by atoms with van der Waals surface area (Å²) in [6.07, 6.45) is 11.9. The van der Waals surface area contributed by atoms with Crippen LogP contribution in [0.5, 0.6) is 0 Å². The molecule has 0 amide bonds. The highest BCUT2D eigenvalue weighted by Crippen LogP contribution is 2.28. The van der Waals surface area contributed by atoms with E-state index in [-0.39, 0.29) is 0 Å². The Morgan fingerprint density at radius 2 is 1.14 bits per heavy atom. The quantitative estimate of drug-likeness (QED) is 0.665.